The highest BCUT2D eigenvalue weighted by Crippen LogP contribution is 2.24. The van der Waals surface area contributed by atoms with Gasteiger partial charge in [0.25, 0.3) is 5.91 Å². The number of hydrogen-bond acceptors (Lipinski definition) is 1. The van der Waals surface area contributed by atoms with Gasteiger partial charge >= 0.3 is 0 Å². The van der Waals surface area contributed by atoms with Crippen LogP contribution in [0.5, 0.6) is 0 Å². The van der Waals surface area contributed by atoms with Gasteiger partial charge in [-0.25, -0.2) is 0 Å². The van der Waals surface area contributed by atoms with Gasteiger partial charge < -0.3 is 5.32 Å². The van der Waals surface area contributed by atoms with E-state index in [1.54, 1.807) is 0 Å². The van der Waals surface area contributed by atoms with Gasteiger partial charge in [-0.15, -0.1) is 0 Å². The second-order valence-electron chi connectivity index (χ2n) is 5.44. The summed E-state index contributed by atoms with van der Waals surface area (Å²) in [4.78, 5) is 12.1. The maximum absolute atomic E-state index is 12.1. The van der Waals surface area contributed by atoms with Crippen molar-refractivity contribution in [2.24, 2.45) is 0 Å². The van der Waals surface area contributed by atoms with Gasteiger partial charge in [0.15, 0.2) is 0 Å². The molecule has 0 fully saturated rings. The van der Waals surface area contributed by atoms with E-state index < -0.39 is 0 Å². The molecule has 104 valence electrons. The molecule has 0 radical (unpaired) electrons. The Balaban J connectivity index is 2.04. The SMILES string of the molecule is CC(C)(CNC(=O)c1ccccc1)c1cccc(Cl)c1. The summed E-state index contributed by atoms with van der Waals surface area (Å²) >= 11 is 6.02. The minimum atomic E-state index is -0.171. The Labute approximate surface area is 124 Å². The van der Waals surface area contributed by atoms with E-state index in [4.69, 9.17) is 11.6 Å². The molecule has 0 aromatic heterocycles. The first-order chi connectivity index (χ1) is 9.49. The number of amides is 1. The first kappa shape index (κ1) is 14.6. The van der Waals surface area contributed by atoms with Crippen LogP contribution < -0.4 is 5.32 Å². The van der Waals surface area contributed by atoms with Gasteiger partial charge in [-0.1, -0.05) is 55.8 Å². The summed E-state index contributed by atoms with van der Waals surface area (Å²) in [6, 6.07) is 17.0. The fraction of sp³-hybridized carbons (Fsp3) is 0.235. The van der Waals surface area contributed by atoms with Gasteiger partial charge in [-0.05, 0) is 29.8 Å². The molecule has 0 spiro atoms. The second-order valence-corrected chi connectivity index (χ2v) is 5.88. The van der Waals surface area contributed by atoms with Crippen molar-refractivity contribution < 1.29 is 4.79 Å². The van der Waals surface area contributed by atoms with E-state index in [0.717, 1.165) is 5.56 Å². The molecule has 2 rings (SSSR count). The minimum absolute atomic E-state index is 0.0549. The number of carbonyl (C=O) groups is 1. The van der Waals surface area contributed by atoms with Crippen molar-refractivity contribution in [1.29, 1.82) is 0 Å². The maximum Gasteiger partial charge on any atom is 0.251 e. The molecule has 1 amide bonds. The van der Waals surface area contributed by atoms with Crippen molar-refractivity contribution in [3.8, 4) is 0 Å². The van der Waals surface area contributed by atoms with E-state index in [-0.39, 0.29) is 11.3 Å². The lowest BCUT2D eigenvalue weighted by Crippen LogP contribution is -2.36. The van der Waals surface area contributed by atoms with Gasteiger partial charge in [0.1, 0.15) is 0 Å². The lowest BCUT2D eigenvalue weighted by atomic mass is 9.84. The topological polar surface area (TPSA) is 29.1 Å². The molecule has 0 heterocycles. The molecule has 0 saturated heterocycles. The van der Waals surface area contributed by atoms with Crippen LogP contribution >= 0.6 is 11.6 Å². The molecule has 0 aliphatic heterocycles. The first-order valence-corrected chi connectivity index (χ1v) is 6.96. The second kappa shape index (κ2) is 6.10. The van der Waals surface area contributed by atoms with Crippen molar-refractivity contribution in [3.63, 3.8) is 0 Å². The third-order valence-electron chi connectivity index (χ3n) is 3.33. The summed E-state index contributed by atoms with van der Waals surface area (Å²) in [5.74, 6) is -0.0549. The zero-order chi connectivity index (χ0) is 14.6. The van der Waals surface area contributed by atoms with Gasteiger partial charge in [0.2, 0.25) is 0 Å². The molecule has 0 unspecified atom stereocenters. The lowest BCUT2D eigenvalue weighted by Gasteiger charge is -2.26. The van der Waals surface area contributed by atoms with Crippen LogP contribution in [0.1, 0.15) is 29.8 Å². The van der Waals surface area contributed by atoms with E-state index >= 15 is 0 Å². The zero-order valence-corrected chi connectivity index (χ0v) is 12.4. The number of nitrogens with one attached hydrogen (secondary N) is 1. The van der Waals surface area contributed by atoms with Gasteiger partial charge in [0.05, 0.1) is 0 Å². The predicted molar refractivity (Wildman–Crippen MR) is 83.3 cm³/mol. The third-order valence-corrected chi connectivity index (χ3v) is 3.57. The van der Waals surface area contributed by atoms with Crippen molar-refractivity contribution in [3.05, 3.63) is 70.7 Å². The summed E-state index contributed by atoms with van der Waals surface area (Å²) in [5, 5.41) is 3.69. The molecule has 3 heteroatoms. The summed E-state index contributed by atoms with van der Waals surface area (Å²) in [6.45, 7) is 4.73. The Morgan fingerprint density at radius 2 is 1.80 bits per heavy atom. The predicted octanol–water partition coefficient (Wildman–Crippen LogP) is 4.05. The number of carbonyl (C=O) groups excluding carboxylic acids is 1. The molecular formula is C17H18ClNO. The average Bonchev–Trinajstić information content (AvgIpc) is 2.46. The van der Waals surface area contributed by atoms with Crippen LogP contribution in [0, 0.1) is 0 Å². The molecule has 1 N–H and O–H groups in total. The Bertz CT molecular complexity index is 593. The lowest BCUT2D eigenvalue weighted by molar-refractivity contribution is 0.0945. The van der Waals surface area contributed by atoms with Crippen LogP contribution in [0.25, 0.3) is 0 Å². The summed E-state index contributed by atoms with van der Waals surface area (Å²) in [7, 11) is 0. The number of rotatable bonds is 4. The van der Waals surface area contributed by atoms with E-state index in [0.29, 0.717) is 17.1 Å². The Morgan fingerprint density at radius 3 is 2.45 bits per heavy atom. The summed E-state index contributed by atoms with van der Waals surface area (Å²) in [5.41, 5.74) is 1.61. The fourth-order valence-electron chi connectivity index (χ4n) is 2.00. The first-order valence-electron chi connectivity index (χ1n) is 6.58. The van der Waals surface area contributed by atoms with Crippen LogP contribution in [0.3, 0.4) is 0 Å². The van der Waals surface area contributed by atoms with Crippen LogP contribution in [0.15, 0.2) is 54.6 Å². The number of benzene rings is 2. The Hall–Kier alpha value is -1.80. The molecule has 0 atom stereocenters. The van der Waals surface area contributed by atoms with Crippen molar-refractivity contribution >= 4 is 17.5 Å². The van der Waals surface area contributed by atoms with Crippen LogP contribution in [0.4, 0.5) is 0 Å². The molecule has 0 bridgehead atoms. The van der Waals surface area contributed by atoms with Crippen molar-refractivity contribution in [2.75, 3.05) is 6.54 Å². The van der Waals surface area contributed by atoms with Gasteiger partial charge in [0, 0.05) is 22.5 Å². The molecule has 0 aliphatic carbocycles. The highest BCUT2D eigenvalue weighted by molar-refractivity contribution is 6.30. The largest absolute Gasteiger partial charge is 0.351 e. The normalized spacial score (nSPS) is 11.2. The Kier molecular flexibility index (Phi) is 4.46. The van der Waals surface area contributed by atoms with E-state index in [1.165, 1.54) is 0 Å². The van der Waals surface area contributed by atoms with Crippen molar-refractivity contribution in [1.82, 2.24) is 5.32 Å². The van der Waals surface area contributed by atoms with E-state index in [1.807, 2.05) is 54.6 Å². The van der Waals surface area contributed by atoms with Crippen LogP contribution in [0.2, 0.25) is 5.02 Å². The molecule has 2 nitrogen and oxygen atoms in total. The summed E-state index contributed by atoms with van der Waals surface area (Å²) < 4.78 is 0. The summed E-state index contributed by atoms with van der Waals surface area (Å²) in [6.07, 6.45) is 0. The fourth-order valence-corrected chi connectivity index (χ4v) is 2.19. The quantitative estimate of drug-likeness (QED) is 0.903. The molecule has 2 aromatic carbocycles. The maximum atomic E-state index is 12.1. The highest BCUT2D eigenvalue weighted by Gasteiger charge is 2.21. The zero-order valence-electron chi connectivity index (χ0n) is 11.7. The molecule has 0 aliphatic rings. The molecule has 2 aromatic rings. The van der Waals surface area contributed by atoms with Crippen LogP contribution in [-0.2, 0) is 5.41 Å². The standard InChI is InChI=1S/C17H18ClNO/c1-17(2,14-9-6-10-15(18)11-14)12-19-16(20)13-7-4-3-5-8-13/h3-11H,12H2,1-2H3,(H,19,20). The molecule has 20 heavy (non-hydrogen) atoms. The van der Waals surface area contributed by atoms with Crippen LogP contribution in [-0.4, -0.2) is 12.5 Å². The van der Waals surface area contributed by atoms with E-state index in [2.05, 4.69) is 19.2 Å². The van der Waals surface area contributed by atoms with E-state index in [9.17, 15) is 4.79 Å². The minimum Gasteiger partial charge on any atom is -0.351 e. The number of hydrogen-bond donors (Lipinski definition) is 1. The smallest absolute Gasteiger partial charge is 0.251 e. The Morgan fingerprint density at radius 1 is 1.10 bits per heavy atom. The monoisotopic (exact) mass is 287 g/mol. The molecular weight excluding hydrogens is 270 g/mol. The van der Waals surface area contributed by atoms with Gasteiger partial charge in [-0.2, -0.15) is 0 Å². The number of halogens is 1. The highest BCUT2D eigenvalue weighted by atomic mass is 35.5. The third kappa shape index (κ3) is 3.61. The van der Waals surface area contributed by atoms with Crippen molar-refractivity contribution in [2.45, 2.75) is 19.3 Å². The van der Waals surface area contributed by atoms with Gasteiger partial charge in [-0.3, -0.25) is 4.79 Å². The average molecular weight is 288 g/mol. The molecule has 0 saturated carbocycles.